The molecule has 0 saturated carbocycles. The predicted molar refractivity (Wildman–Crippen MR) is 150 cm³/mol. The quantitative estimate of drug-likeness (QED) is 0.270. The number of aliphatic imine (C=N–C) groups is 1. The van der Waals surface area contributed by atoms with E-state index >= 15 is 0 Å². The monoisotopic (exact) mass is 518 g/mol. The molecule has 8 heteroatoms. The number of aromatic hydroxyl groups is 1. The number of aromatic amines is 1. The van der Waals surface area contributed by atoms with Gasteiger partial charge < -0.3 is 15.0 Å². The van der Waals surface area contributed by atoms with Crippen molar-refractivity contribution in [2.45, 2.75) is 31.2 Å². The minimum absolute atomic E-state index is 0.0595. The van der Waals surface area contributed by atoms with Crippen molar-refractivity contribution in [2.75, 3.05) is 27.7 Å². The fraction of sp³-hybridized carbons (Fsp3) is 0.276. The summed E-state index contributed by atoms with van der Waals surface area (Å²) < 4.78 is 27.9. The molecule has 0 aliphatic carbocycles. The number of fused-ring (bicyclic) bond motifs is 1. The highest BCUT2D eigenvalue weighted by molar-refractivity contribution is 7.89. The number of nitrogens with zero attached hydrogens (tertiary/aromatic N) is 3. The zero-order valence-electron chi connectivity index (χ0n) is 21.8. The van der Waals surface area contributed by atoms with E-state index in [1.54, 1.807) is 25.2 Å². The van der Waals surface area contributed by atoms with Crippen molar-refractivity contribution < 1.29 is 13.5 Å². The lowest BCUT2D eigenvalue weighted by atomic mass is 10.0. The number of sulfonamides is 1. The first-order valence-corrected chi connectivity index (χ1v) is 13.8. The fourth-order valence-corrected chi connectivity index (χ4v) is 5.50. The fourth-order valence-electron chi connectivity index (χ4n) is 4.27. The Morgan fingerprint density at radius 2 is 1.68 bits per heavy atom. The van der Waals surface area contributed by atoms with E-state index < -0.39 is 10.0 Å². The summed E-state index contributed by atoms with van der Waals surface area (Å²) in [5.41, 5.74) is 4.36. The molecule has 0 saturated heterocycles. The molecule has 3 aromatic carbocycles. The molecular formula is C29H34N4O3S. The zero-order chi connectivity index (χ0) is 26.6. The van der Waals surface area contributed by atoms with Crippen molar-refractivity contribution in [3.05, 3.63) is 89.5 Å². The molecule has 0 atom stereocenters. The Kier molecular flexibility index (Phi) is 8.12. The maximum atomic E-state index is 13.3. The molecule has 0 aliphatic heterocycles. The second kappa shape index (κ2) is 11.3. The van der Waals surface area contributed by atoms with Gasteiger partial charge >= 0.3 is 0 Å². The number of benzene rings is 3. The van der Waals surface area contributed by atoms with Crippen molar-refractivity contribution in [2.24, 2.45) is 4.99 Å². The van der Waals surface area contributed by atoms with Crippen LogP contribution in [-0.4, -0.2) is 61.1 Å². The molecule has 0 spiro atoms. The Hall–Kier alpha value is -3.46. The number of hydrogen-bond acceptors (Lipinski definition) is 5. The summed E-state index contributed by atoms with van der Waals surface area (Å²) >= 11 is 0. The minimum Gasteiger partial charge on any atom is -0.494 e. The van der Waals surface area contributed by atoms with Crippen molar-refractivity contribution in [3.63, 3.8) is 0 Å². The standard InChI is InChI=1S/C29H34N4O3S/c1-5-6-18-33(4)37(35,36)24-16-17-26-25(19-24)27(29(34)31-26)28(22-10-8-7-9-11-22)30-23-14-12-21(13-15-23)20-32(2)3/h7-17,19,31,34H,5-6,18,20H2,1-4H3. The molecule has 4 aromatic rings. The van der Waals surface area contributed by atoms with Gasteiger partial charge in [-0.2, -0.15) is 0 Å². The van der Waals surface area contributed by atoms with E-state index in [1.165, 1.54) is 9.87 Å². The number of rotatable bonds is 10. The Balaban J connectivity index is 1.86. The van der Waals surface area contributed by atoms with Gasteiger partial charge in [0.25, 0.3) is 0 Å². The predicted octanol–water partition coefficient (Wildman–Crippen LogP) is 5.52. The lowest BCUT2D eigenvalue weighted by Gasteiger charge is -2.17. The van der Waals surface area contributed by atoms with Crippen LogP contribution in [0.3, 0.4) is 0 Å². The summed E-state index contributed by atoms with van der Waals surface area (Å²) in [5.74, 6) is -0.0595. The third-order valence-electron chi connectivity index (χ3n) is 6.25. The third-order valence-corrected chi connectivity index (χ3v) is 8.10. The van der Waals surface area contributed by atoms with Gasteiger partial charge in [0.1, 0.15) is 0 Å². The number of unbranched alkanes of at least 4 members (excludes halogenated alkanes) is 1. The van der Waals surface area contributed by atoms with E-state index in [4.69, 9.17) is 4.99 Å². The van der Waals surface area contributed by atoms with Gasteiger partial charge in [0.2, 0.25) is 10.0 Å². The summed E-state index contributed by atoms with van der Waals surface area (Å²) in [6.07, 6.45) is 1.69. The normalized spacial score (nSPS) is 12.6. The van der Waals surface area contributed by atoms with Crippen molar-refractivity contribution in [1.82, 2.24) is 14.2 Å². The van der Waals surface area contributed by atoms with Crippen LogP contribution in [0, 0.1) is 0 Å². The van der Waals surface area contributed by atoms with Gasteiger partial charge in [-0.25, -0.2) is 17.7 Å². The van der Waals surface area contributed by atoms with Gasteiger partial charge in [0.05, 0.1) is 21.9 Å². The Morgan fingerprint density at radius 1 is 0.973 bits per heavy atom. The molecule has 0 radical (unpaired) electrons. The van der Waals surface area contributed by atoms with Crippen LogP contribution in [0.1, 0.15) is 36.5 Å². The third kappa shape index (κ3) is 5.93. The van der Waals surface area contributed by atoms with Gasteiger partial charge in [-0.3, -0.25) is 0 Å². The molecule has 0 unspecified atom stereocenters. The smallest absolute Gasteiger partial charge is 0.242 e. The van der Waals surface area contributed by atoms with Crippen LogP contribution in [0.2, 0.25) is 0 Å². The Labute approximate surface area is 219 Å². The summed E-state index contributed by atoms with van der Waals surface area (Å²) in [7, 11) is 1.96. The highest BCUT2D eigenvalue weighted by atomic mass is 32.2. The molecule has 0 amide bonds. The summed E-state index contributed by atoms with van der Waals surface area (Å²) in [6.45, 7) is 3.30. The van der Waals surface area contributed by atoms with Gasteiger partial charge in [0.15, 0.2) is 5.88 Å². The van der Waals surface area contributed by atoms with Crippen LogP contribution in [0.15, 0.2) is 82.7 Å². The maximum Gasteiger partial charge on any atom is 0.242 e. The van der Waals surface area contributed by atoms with E-state index in [0.29, 0.717) is 28.7 Å². The van der Waals surface area contributed by atoms with Gasteiger partial charge in [-0.05, 0) is 56.4 Å². The second-order valence-electron chi connectivity index (χ2n) is 9.47. The van der Waals surface area contributed by atoms with E-state index in [-0.39, 0.29) is 10.8 Å². The number of nitrogens with one attached hydrogen (secondary N) is 1. The van der Waals surface area contributed by atoms with Crippen molar-refractivity contribution in [1.29, 1.82) is 0 Å². The van der Waals surface area contributed by atoms with Crippen LogP contribution in [0.25, 0.3) is 10.9 Å². The molecular weight excluding hydrogens is 484 g/mol. The molecule has 0 aliphatic rings. The molecule has 1 aromatic heterocycles. The van der Waals surface area contributed by atoms with Crippen LogP contribution in [-0.2, 0) is 16.6 Å². The molecule has 2 N–H and O–H groups in total. The average molecular weight is 519 g/mol. The molecule has 0 bridgehead atoms. The van der Waals surface area contributed by atoms with E-state index in [9.17, 15) is 13.5 Å². The SMILES string of the molecule is CCCCN(C)S(=O)(=O)c1ccc2[nH]c(O)c(C(=Nc3ccc(CN(C)C)cc3)c3ccccc3)c2c1. The van der Waals surface area contributed by atoms with E-state index in [1.807, 2.05) is 75.6 Å². The lowest BCUT2D eigenvalue weighted by Crippen LogP contribution is -2.27. The van der Waals surface area contributed by atoms with Crippen LogP contribution < -0.4 is 0 Å². The second-order valence-corrected chi connectivity index (χ2v) is 11.5. The maximum absolute atomic E-state index is 13.3. The Bertz CT molecular complexity index is 1490. The minimum atomic E-state index is -3.68. The summed E-state index contributed by atoms with van der Waals surface area (Å²) in [4.78, 5) is 10.2. The topological polar surface area (TPSA) is 89.0 Å². The lowest BCUT2D eigenvalue weighted by molar-refractivity contribution is 0.402. The van der Waals surface area contributed by atoms with Crippen molar-refractivity contribution in [3.8, 4) is 5.88 Å². The van der Waals surface area contributed by atoms with Gasteiger partial charge in [-0.15, -0.1) is 0 Å². The Morgan fingerprint density at radius 3 is 2.32 bits per heavy atom. The van der Waals surface area contributed by atoms with Crippen LogP contribution >= 0.6 is 0 Å². The van der Waals surface area contributed by atoms with Gasteiger partial charge in [-0.1, -0.05) is 55.8 Å². The molecule has 37 heavy (non-hydrogen) atoms. The van der Waals surface area contributed by atoms with Gasteiger partial charge in [0, 0.05) is 36.6 Å². The first-order chi connectivity index (χ1) is 17.7. The average Bonchev–Trinajstić information content (AvgIpc) is 3.21. The summed E-state index contributed by atoms with van der Waals surface area (Å²) in [6, 6.07) is 22.5. The molecule has 194 valence electrons. The molecule has 0 fully saturated rings. The largest absolute Gasteiger partial charge is 0.494 e. The molecule has 1 heterocycles. The number of aromatic nitrogens is 1. The first kappa shape index (κ1) is 26.6. The van der Waals surface area contributed by atoms with Crippen LogP contribution in [0.5, 0.6) is 5.88 Å². The highest BCUT2D eigenvalue weighted by Crippen LogP contribution is 2.33. The zero-order valence-corrected chi connectivity index (χ0v) is 22.6. The van der Waals surface area contributed by atoms with E-state index in [2.05, 4.69) is 9.88 Å². The van der Waals surface area contributed by atoms with Crippen LogP contribution in [0.4, 0.5) is 5.69 Å². The van der Waals surface area contributed by atoms with Crippen molar-refractivity contribution >= 4 is 32.3 Å². The molecule has 7 nitrogen and oxygen atoms in total. The molecule has 4 rings (SSSR count). The number of hydrogen-bond donors (Lipinski definition) is 2. The van der Waals surface area contributed by atoms with E-state index in [0.717, 1.165) is 30.6 Å². The first-order valence-electron chi connectivity index (χ1n) is 12.4. The highest BCUT2D eigenvalue weighted by Gasteiger charge is 2.24. The number of H-pyrrole nitrogens is 1. The summed E-state index contributed by atoms with van der Waals surface area (Å²) in [5, 5.41) is 11.6.